The molecule has 0 spiro atoms. The smallest absolute Gasteiger partial charge is 0.361 e. The van der Waals surface area contributed by atoms with Crippen LogP contribution >= 0.6 is 0 Å². The third-order valence-electron chi connectivity index (χ3n) is 1.23. The number of hydrogen-bond donors (Lipinski definition) is 0. The van der Waals surface area contributed by atoms with E-state index < -0.39 is 8.56 Å². The zero-order valence-electron chi connectivity index (χ0n) is 5.02. The van der Waals surface area contributed by atoms with Gasteiger partial charge in [-0.2, -0.15) is 0 Å². The number of rotatable bonds is 1. The fourth-order valence-electron chi connectivity index (χ4n) is 0.648. The molecule has 1 heterocycles. The Morgan fingerprint density at radius 2 is 2.00 bits per heavy atom. The van der Waals surface area contributed by atoms with Crippen LogP contribution in [-0.2, 0) is 8.85 Å². The predicted molar refractivity (Wildman–Crippen MR) is 33.7 cm³/mol. The monoisotopic (exact) mass is 130 g/mol. The molecular weight excluding hydrogens is 120 g/mol. The van der Waals surface area contributed by atoms with Crippen LogP contribution in [-0.4, -0.2) is 21.8 Å². The van der Waals surface area contributed by atoms with Crippen molar-refractivity contribution < 1.29 is 8.85 Å². The molecule has 0 N–H and O–H groups in total. The lowest BCUT2D eigenvalue weighted by molar-refractivity contribution is 0.360. The van der Waals surface area contributed by atoms with Crippen molar-refractivity contribution in [2.75, 3.05) is 13.2 Å². The highest BCUT2D eigenvalue weighted by molar-refractivity contribution is 6.71. The average molecular weight is 130 g/mol. The van der Waals surface area contributed by atoms with Crippen molar-refractivity contribution >= 4 is 8.56 Å². The molecule has 1 fully saturated rings. The normalized spacial score (nSPS) is 25.6. The molecular formula is C5H10O2Si. The van der Waals surface area contributed by atoms with Crippen LogP contribution in [0.2, 0.25) is 6.55 Å². The van der Waals surface area contributed by atoms with Crippen LogP contribution in [0.3, 0.4) is 0 Å². The van der Waals surface area contributed by atoms with Crippen molar-refractivity contribution in [3.05, 3.63) is 12.3 Å². The summed E-state index contributed by atoms with van der Waals surface area (Å²) in [5.41, 5.74) is 1.81. The van der Waals surface area contributed by atoms with Crippen LogP contribution in [0.1, 0.15) is 0 Å². The Balaban J connectivity index is 2.52. The Bertz CT molecular complexity index is 96.6. The van der Waals surface area contributed by atoms with E-state index in [4.69, 9.17) is 8.85 Å². The minimum Gasteiger partial charge on any atom is -0.389 e. The maximum Gasteiger partial charge on any atom is 0.361 e. The van der Waals surface area contributed by atoms with Crippen LogP contribution in [0.4, 0.5) is 0 Å². The maximum atomic E-state index is 5.29. The second-order valence-corrected chi connectivity index (χ2v) is 4.93. The van der Waals surface area contributed by atoms with Gasteiger partial charge in [0, 0.05) is 0 Å². The molecule has 2 nitrogen and oxygen atoms in total. The maximum absolute atomic E-state index is 5.29. The summed E-state index contributed by atoms with van der Waals surface area (Å²) in [4.78, 5) is 0. The zero-order valence-corrected chi connectivity index (χ0v) is 6.02. The number of hydrogen-bond acceptors (Lipinski definition) is 2. The van der Waals surface area contributed by atoms with Crippen molar-refractivity contribution in [3.8, 4) is 0 Å². The molecule has 0 saturated carbocycles. The average Bonchev–Trinajstić information content (AvgIpc) is 2.17. The van der Waals surface area contributed by atoms with Gasteiger partial charge in [0.2, 0.25) is 0 Å². The van der Waals surface area contributed by atoms with Gasteiger partial charge in [-0.15, -0.1) is 6.58 Å². The molecule has 0 atom stereocenters. The zero-order chi connectivity index (χ0) is 6.04. The first-order valence-electron chi connectivity index (χ1n) is 2.68. The van der Waals surface area contributed by atoms with Gasteiger partial charge in [0.05, 0.1) is 13.2 Å². The van der Waals surface area contributed by atoms with Crippen LogP contribution in [0, 0.1) is 0 Å². The van der Waals surface area contributed by atoms with E-state index in [2.05, 4.69) is 6.58 Å². The summed E-state index contributed by atoms with van der Waals surface area (Å²) in [5.74, 6) is 0. The second kappa shape index (κ2) is 2.01. The molecule has 0 aromatic rings. The summed E-state index contributed by atoms with van der Waals surface area (Å²) < 4.78 is 10.6. The summed E-state index contributed by atoms with van der Waals surface area (Å²) in [6, 6.07) is 0. The first-order chi connectivity index (χ1) is 3.77. The van der Waals surface area contributed by atoms with E-state index in [0.717, 1.165) is 13.2 Å². The van der Waals surface area contributed by atoms with E-state index in [1.807, 2.05) is 6.55 Å². The molecule has 0 unspecified atom stereocenters. The first kappa shape index (κ1) is 6.00. The van der Waals surface area contributed by atoms with Gasteiger partial charge in [-0.05, 0) is 12.2 Å². The highest BCUT2D eigenvalue weighted by Crippen LogP contribution is 2.13. The van der Waals surface area contributed by atoms with E-state index in [1.54, 1.807) is 5.70 Å². The topological polar surface area (TPSA) is 18.5 Å². The Labute approximate surface area is 50.4 Å². The van der Waals surface area contributed by atoms with E-state index in [1.165, 1.54) is 0 Å². The molecule has 0 aliphatic carbocycles. The van der Waals surface area contributed by atoms with E-state index >= 15 is 0 Å². The molecule has 1 saturated heterocycles. The highest BCUT2D eigenvalue weighted by atomic mass is 28.4. The molecule has 0 radical (unpaired) electrons. The summed E-state index contributed by atoms with van der Waals surface area (Å²) in [6.45, 7) is 7.11. The molecule has 1 aliphatic rings. The lowest BCUT2D eigenvalue weighted by atomic mass is 10.8. The molecule has 1 aliphatic heterocycles. The Morgan fingerprint density at radius 3 is 2.25 bits per heavy atom. The second-order valence-electron chi connectivity index (χ2n) is 1.92. The van der Waals surface area contributed by atoms with Crippen LogP contribution in [0.5, 0.6) is 0 Å². The van der Waals surface area contributed by atoms with Gasteiger partial charge in [0.25, 0.3) is 0 Å². The van der Waals surface area contributed by atoms with Crippen LogP contribution in [0.15, 0.2) is 12.3 Å². The van der Waals surface area contributed by atoms with Crippen molar-refractivity contribution in [2.45, 2.75) is 6.55 Å². The molecule has 46 valence electrons. The third kappa shape index (κ3) is 0.991. The van der Waals surface area contributed by atoms with E-state index in [-0.39, 0.29) is 0 Å². The molecule has 0 amide bonds. The van der Waals surface area contributed by atoms with Gasteiger partial charge < -0.3 is 8.85 Å². The summed E-state index contributed by atoms with van der Waals surface area (Å²) in [6.07, 6.45) is 0. The molecule has 1 rings (SSSR count). The van der Waals surface area contributed by atoms with Gasteiger partial charge in [0.15, 0.2) is 0 Å². The SMILES string of the molecule is C=C[Si]1(C)OCCO1. The standard InChI is InChI=1S/C5H10O2Si/c1-3-8(2)6-4-5-7-8/h3H,1,4-5H2,2H3. The minimum atomic E-state index is -1.80. The Morgan fingerprint density at radius 1 is 1.50 bits per heavy atom. The fourth-order valence-corrected chi connectivity index (χ4v) is 1.94. The molecule has 0 aromatic carbocycles. The van der Waals surface area contributed by atoms with Crippen LogP contribution in [0.25, 0.3) is 0 Å². The van der Waals surface area contributed by atoms with E-state index in [0.29, 0.717) is 0 Å². The summed E-state index contributed by atoms with van der Waals surface area (Å²) in [5, 5.41) is 0. The first-order valence-corrected chi connectivity index (χ1v) is 5.08. The molecule has 0 bridgehead atoms. The Hall–Kier alpha value is -0.123. The quantitative estimate of drug-likeness (QED) is 0.489. The Kier molecular flexibility index (Phi) is 1.51. The van der Waals surface area contributed by atoms with Crippen LogP contribution < -0.4 is 0 Å². The largest absolute Gasteiger partial charge is 0.389 e. The van der Waals surface area contributed by atoms with E-state index in [9.17, 15) is 0 Å². The van der Waals surface area contributed by atoms with Gasteiger partial charge in [-0.25, -0.2) is 0 Å². The van der Waals surface area contributed by atoms with Crippen molar-refractivity contribution in [1.29, 1.82) is 0 Å². The lowest BCUT2D eigenvalue weighted by Crippen LogP contribution is -2.28. The molecule has 8 heavy (non-hydrogen) atoms. The predicted octanol–water partition coefficient (Wildman–Crippen LogP) is 0.830. The van der Waals surface area contributed by atoms with Crippen molar-refractivity contribution in [3.63, 3.8) is 0 Å². The molecule has 0 aromatic heterocycles. The fraction of sp³-hybridized carbons (Fsp3) is 0.600. The summed E-state index contributed by atoms with van der Waals surface area (Å²) in [7, 11) is -1.80. The summed E-state index contributed by atoms with van der Waals surface area (Å²) >= 11 is 0. The van der Waals surface area contributed by atoms with Crippen molar-refractivity contribution in [2.24, 2.45) is 0 Å². The van der Waals surface area contributed by atoms with Gasteiger partial charge in [0.1, 0.15) is 0 Å². The minimum absolute atomic E-state index is 0.745. The van der Waals surface area contributed by atoms with Gasteiger partial charge in [-0.1, -0.05) is 0 Å². The lowest BCUT2D eigenvalue weighted by Gasteiger charge is -2.10. The highest BCUT2D eigenvalue weighted by Gasteiger charge is 2.31. The van der Waals surface area contributed by atoms with Gasteiger partial charge in [-0.3, -0.25) is 0 Å². The third-order valence-corrected chi connectivity index (χ3v) is 3.53. The molecule has 3 heteroatoms. The van der Waals surface area contributed by atoms with Gasteiger partial charge >= 0.3 is 8.56 Å². The van der Waals surface area contributed by atoms with Crippen molar-refractivity contribution in [1.82, 2.24) is 0 Å².